The molecule has 0 radical (unpaired) electrons. The van der Waals surface area contributed by atoms with Crippen LogP contribution in [0.5, 0.6) is 0 Å². The van der Waals surface area contributed by atoms with Gasteiger partial charge in [-0.1, -0.05) is 0 Å². The molecule has 10 nitrogen and oxygen atoms in total. The summed E-state index contributed by atoms with van der Waals surface area (Å²) in [6.07, 6.45) is 1.08. The maximum absolute atomic E-state index is 13.7. The van der Waals surface area contributed by atoms with Crippen LogP contribution in [-0.2, 0) is 9.84 Å². The highest BCUT2D eigenvalue weighted by Gasteiger charge is 2.44. The normalized spacial score (nSPS) is 22.8. The summed E-state index contributed by atoms with van der Waals surface area (Å²) in [6.45, 7) is 3.71. The van der Waals surface area contributed by atoms with Gasteiger partial charge in [-0.2, -0.15) is 4.98 Å². The Morgan fingerprint density at radius 1 is 1.00 bits per heavy atom. The first-order chi connectivity index (χ1) is 19.5. The molecular formula is C27H28F2N6O4S2. The van der Waals surface area contributed by atoms with Crippen LogP contribution in [0.1, 0.15) is 30.7 Å². The van der Waals surface area contributed by atoms with Crippen molar-refractivity contribution in [1.82, 2.24) is 19.9 Å². The van der Waals surface area contributed by atoms with E-state index in [1.165, 1.54) is 11.3 Å². The minimum atomic E-state index is -4.16. The van der Waals surface area contributed by atoms with Gasteiger partial charge in [0.2, 0.25) is 5.95 Å². The van der Waals surface area contributed by atoms with Crippen molar-refractivity contribution in [3.05, 3.63) is 53.5 Å². The van der Waals surface area contributed by atoms with E-state index in [1.807, 2.05) is 19.9 Å². The number of aliphatic hydroxyl groups excluding tert-OH is 2. The first-order valence-corrected chi connectivity index (χ1v) is 15.6. The number of halogens is 2. The number of rotatable bonds is 8. The van der Waals surface area contributed by atoms with Gasteiger partial charge < -0.3 is 20.8 Å². The summed E-state index contributed by atoms with van der Waals surface area (Å²) in [5.74, 6) is -2.73. The fourth-order valence-electron chi connectivity index (χ4n) is 5.19. The average Bonchev–Trinajstić information content (AvgIpc) is 3.54. The number of pyridine rings is 1. The van der Waals surface area contributed by atoms with E-state index in [2.05, 4.69) is 20.6 Å². The molecule has 1 aromatic carbocycles. The largest absolute Gasteiger partial charge is 0.390 e. The number of fused-ring (bicyclic) bond motifs is 1. The Labute approximate surface area is 238 Å². The van der Waals surface area contributed by atoms with Crippen LogP contribution in [-0.4, -0.2) is 68.6 Å². The molecule has 0 spiro atoms. The topological polar surface area (TPSA) is 150 Å². The monoisotopic (exact) mass is 602 g/mol. The molecular weight excluding hydrogens is 574 g/mol. The fraction of sp³-hybridized carbons (Fsp3) is 0.407. The molecule has 4 aromatic rings. The second-order valence-electron chi connectivity index (χ2n) is 10.7. The molecule has 0 aliphatic heterocycles. The van der Waals surface area contributed by atoms with Crippen LogP contribution in [0.2, 0.25) is 0 Å². The first kappa shape index (κ1) is 27.8. The lowest BCUT2D eigenvalue weighted by atomic mass is 10.1. The number of anilines is 2. The number of nitrogens with zero attached hydrogens (tertiary/aromatic N) is 4. The first-order valence-electron chi connectivity index (χ1n) is 13.2. The second-order valence-corrected chi connectivity index (χ2v) is 13.7. The summed E-state index contributed by atoms with van der Waals surface area (Å²) < 4.78 is 54.3. The number of aromatic nitrogens is 4. The lowest BCUT2D eigenvalue weighted by Gasteiger charge is -2.21. The minimum absolute atomic E-state index is 0.0656. The Bertz CT molecular complexity index is 1730. The zero-order valence-electron chi connectivity index (χ0n) is 22.2. The van der Waals surface area contributed by atoms with Crippen LogP contribution in [0.3, 0.4) is 0 Å². The molecule has 0 bridgehead atoms. The fourth-order valence-corrected chi connectivity index (χ4v) is 7.98. The lowest BCUT2D eigenvalue weighted by molar-refractivity contribution is 0.0216. The number of aliphatic hydroxyl groups is 2. The molecule has 4 N–H and O–H groups in total. The predicted octanol–water partition coefficient (Wildman–Crippen LogP) is 3.61. The maximum Gasteiger partial charge on any atom is 0.225 e. The molecule has 0 amide bonds. The van der Waals surface area contributed by atoms with E-state index in [1.54, 1.807) is 6.20 Å². The Kier molecular flexibility index (Phi) is 7.12. The lowest BCUT2D eigenvalue weighted by Crippen LogP contribution is -2.36. The van der Waals surface area contributed by atoms with E-state index in [9.17, 15) is 27.4 Å². The molecule has 4 atom stereocenters. The van der Waals surface area contributed by atoms with Crippen molar-refractivity contribution >= 4 is 43.2 Å². The molecule has 0 saturated heterocycles. The van der Waals surface area contributed by atoms with Crippen molar-refractivity contribution in [2.24, 2.45) is 5.92 Å². The Morgan fingerprint density at radius 2 is 1.73 bits per heavy atom. The van der Waals surface area contributed by atoms with Crippen LogP contribution in [0.15, 0.2) is 35.4 Å². The number of hydrogen-bond donors (Lipinski definition) is 4. The van der Waals surface area contributed by atoms with Crippen LogP contribution in [0, 0.1) is 31.4 Å². The molecule has 41 heavy (non-hydrogen) atoms. The highest BCUT2D eigenvalue weighted by Crippen LogP contribution is 2.39. The standard InChI is InChI=1S/C27H28F2N6O4S2/c1-12-21(26-34-22-13(2)30-6-5-20(22)40-26)25(35-27(31-12)32-17-3-4-17)33-19-7-14(23(36)24(19)37)11-41(38,39)18-9-15(28)8-16(29)10-18/h5-6,8-10,14,17,19,23-24,36-37H,3-4,7,11H2,1-2H3,(H2,31,32,33,35)/t14-,19-,23-,24+/m1/s1. The zero-order chi connectivity index (χ0) is 29.1. The van der Waals surface area contributed by atoms with Crippen LogP contribution in [0.25, 0.3) is 20.8 Å². The van der Waals surface area contributed by atoms with Crippen LogP contribution < -0.4 is 10.6 Å². The van der Waals surface area contributed by atoms with Gasteiger partial charge in [0.15, 0.2) is 9.84 Å². The van der Waals surface area contributed by atoms with Crippen LogP contribution in [0.4, 0.5) is 20.5 Å². The summed E-state index contributed by atoms with van der Waals surface area (Å²) in [6, 6.07) is 3.46. The van der Waals surface area contributed by atoms with E-state index in [-0.39, 0.29) is 12.5 Å². The van der Waals surface area contributed by atoms with Crippen molar-refractivity contribution in [2.45, 2.75) is 62.3 Å². The van der Waals surface area contributed by atoms with Gasteiger partial charge in [0, 0.05) is 24.2 Å². The van der Waals surface area contributed by atoms with Gasteiger partial charge in [-0.15, -0.1) is 11.3 Å². The van der Waals surface area contributed by atoms with Crippen molar-refractivity contribution in [2.75, 3.05) is 16.4 Å². The molecule has 0 unspecified atom stereocenters. The quantitative estimate of drug-likeness (QED) is 0.236. The highest BCUT2D eigenvalue weighted by molar-refractivity contribution is 7.91. The molecule has 3 heterocycles. The third-order valence-corrected chi connectivity index (χ3v) is 10.3. The number of benzene rings is 1. The molecule has 2 fully saturated rings. The third-order valence-electron chi connectivity index (χ3n) is 7.46. The Balaban J connectivity index is 1.31. The molecule has 14 heteroatoms. The van der Waals surface area contributed by atoms with Gasteiger partial charge in [-0.25, -0.2) is 27.2 Å². The van der Waals surface area contributed by atoms with Gasteiger partial charge in [0.05, 0.1) is 44.4 Å². The van der Waals surface area contributed by atoms with Crippen molar-refractivity contribution in [1.29, 1.82) is 0 Å². The Hall–Kier alpha value is -3.33. The van der Waals surface area contributed by atoms with Gasteiger partial charge in [0.1, 0.15) is 34.1 Å². The molecule has 6 rings (SSSR count). The number of sulfone groups is 1. The summed E-state index contributed by atoms with van der Waals surface area (Å²) in [5, 5.41) is 28.9. The molecule has 3 aromatic heterocycles. The predicted molar refractivity (Wildman–Crippen MR) is 151 cm³/mol. The van der Waals surface area contributed by atoms with Gasteiger partial charge in [0.25, 0.3) is 0 Å². The van der Waals surface area contributed by atoms with Crippen molar-refractivity contribution in [3.63, 3.8) is 0 Å². The van der Waals surface area contributed by atoms with E-state index < -0.39 is 56.3 Å². The minimum Gasteiger partial charge on any atom is -0.390 e. The SMILES string of the molecule is Cc1nc(NC2CC2)nc(N[C@@H]2C[C@H](CS(=O)(=O)c3cc(F)cc(F)c3)[C@@H](O)[C@H]2O)c1-c1nc2c(C)nccc2s1. The number of nitrogens with one attached hydrogen (secondary N) is 2. The summed E-state index contributed by atoms with van der Waals surface area (Å²) in [5.41, 5.74) is 2.81. The smallest absolute Gasteiger partial charge is 0.225 e. The van der Waals surface area contributed by atoms with Crippen molar-refractivity contribution < 1.29 is 27.4 Å². The number of thiazole rings is 1. The summed E-state index contributed by atoms with van der Waals surface area (Å²) in [7, 11) is -4.16. The van der Waals surface area contributed by atoms with E-state index in [0.29, 0.717) is 34.1 Å². The average molecular weight is 603 g/mol. The second kappa shape index (κ2) is 10.5. The van der Waals surface area contributed by atoms with Gasteiger partial charge in [-0.3, -0.25) is 4.98 Å². The van der Waals surface area contributed by atoms with Gasteiger partial charge in [-0.05, 0) is 51.3 Å². The third kappa shape index (κ3) is 5.61. The van der Waals surface area contributed by atoms with Crippen molar-refractivity contribution in [3.8, 4) is 10.6 Å². The van der Waals surface area contributed by atoms with E-state index >= 15 is 0 Å². The number of aryl methyl sites for hydroxylation is 2. The maximum atomic E-state index is 13.7. The summed E-state index contributed by atoms with van der Waals surface area (Å²) in [4.78, 5) is 17.9. The number of hydrogen-bond acceptors (Lipinski definition) is 11. The van der Waals surface area contributed by atoms with E-state index in [4.69, 9.17) is 9.97 Å². The Morgan fingerprint density at radius 3 is 2.41 bits per heavy atom. The molecule has 2 aliphatic rings. The van der Waals surface area contributed by atoms with Crippen LogP contribution >= 0.6 is 11.3 Å². The molecule has 2 aliphatic carbocycles. The molecule has 216 valence electrons. The highest BCUT2D eigenvalue weighted by atomic mass is 32.2. The van der Waals surface area contributed by atoms with E-state index in [0.717, 1.165) is 40.9 Å². The summed E-state index contributed by atoms with van der Waals surface area (Å²) >= 11 is 1.45. The zero-order valence-corrected chi connectivity index (χ0v) is 23.8. The molecule has 2 saturated carbocycles. The van der Waals surface area contributed by atoms with Gasteiger partial charge >= 0.3 is 0 Å².